The number of nitrogens with one attached hydrogen (secondary N) is 2. The SMILES string of the molecule is CCCCC(NC(=O)CCCCNC(=O)OCC1c2ccccc2-c2ccccc21)C(=O)O. The highest BCUT2D eigenvalue weighted by atomic mass is 16.5. The Labute approximate surface area is 194 Å². The summed E-state index contributed by atoms with van der Waals surface area (Å²) >= 11 is 0. The fourth-order valence-electron chi connectivity index (χ4n) is 4.18. The maximum absolute atomic E-state index is 12.2. The minimum Gasteiger partial charge on any atom is -0.480 e. The van der Waals surface area contributed by atoms with Crippen LogP contribution in [0.5, 0.6) is 0 Å². The predicted octanol–water partition coefficient (Wildman–Crippen LogP) is 4.46. The molecule has 7 heteroatoms. The predicted molar refractivity (Wildman–Crippen MR) is 126 cm³/mol. The molecule has 1 aliphatic carbocycles. The maximum atomic E-state index is 12.2. The number of carboxylic acid groups (broad SMARTS) is 1. The van der Waals surface area contributed by atoms with Crippen molar-refractivity contribution in [2.24, 2.45) is 0 Å². The second-order valence-corrected chi connectivity index (χ2v) is 8.31. The van der Waals surface area contributed by atoms with Crippen molar-refractivity contribution < 1.29 is 24.2 Å². The van der Waals surface area contributed by atoms with Gasteiger partial charge in [0.15, 0.2) is 0 Å². The first-order valence-electron chi connectivity index (χ1n) is 11.6. The summed E-state index contributed by atoms with van der Waals surface area (Å²) in [7, 11) is 0. The zero-order valence-electron chi connectivity index (χ0n) is 19.0. The Bertz CT molecular complexity index is 929. The Morgan fingerprint density at radius 3 is 2.21 bits per heavy atom. The topological polar surface area (TPSA) is 105 Å². The Morgan fingerprint density at radius 2 is 1.61 bits per heavy atom. The van der Waals surface area contributed by atoms with Crippen LogP contribution in [0.1, 0.15) is 62.5 Å². The number of alkyl carbamates (subject to hydrolysis) is 1. The van der Waals surface area contributed by atoms with Crippen LogP contribution in [0.3, 0.4) is 0 Å². The molecule has 1 unspecified atom stereocenters. The zero-order chi connectivity index (χ0) is 23.6. The lowest BCUT2D eigenvalue weighted by molar-refractivity contribution is -0.142. The van der Waals surface area contributed by atoms with E-state index in [-0.39, 0.29) is 24.9 Å². The van der Waals surface area contributed by atoms with Crippen LogP contribution in [0.25, 0.3) is 11.1 Å². The molecule has 1 atom stereocenters. The van der Waals surface area contributed by atoms with Gasteiger partial charge < -0.3 is 20.5 Å². The first-order valence-corrected chi connectivity index (χ1v) is 11.6. The minimum atomic E-state index is -1.01. The molecule has 0 bridgehead atoms. The van der Waals surface area contributed by atoms with Crippen molar-refractivity contribution in [1.82, 2.24) is 10.6 Å². The zero-order valence-corrected chi connectivity index (χ0v) is 19.0. The van der Waals surface area contributed by atoms with E-state index in [2.05, 4.69) is 34.9 Å². The molecule has 2 aromatic rings. The number of ether oxygens (including phenoxy) is 1. The lowest BCUT2D eigenvalue weighted by Gasteiger charge is -2.15. The lowest BCUT2D eigenvalue weighted by Crippen LogP contribution is -2.40. The second kappa shape index (κ2) is 12.0. The van der Waals surface area contributed by atoms with E-state index in [1.807, 2.05) is 31.2 Å². The average molecular weight is 453 g/mol. The van der Waals surface area contributed by atoms with E-state index in [0.29, 0.717) is 25.8 Å². The van der Waals surface area contributed by atoms with Gasteiger partial charge in [-0.1, -0.05) is 68.3 Å². The highest BCUT2D eigenvalue weighted by Gasteiger charge is 2.29. The molecule has 176 valence electrons. The Morgan fingerprint density at radius 1 is 0.970 bits per heavy atom. The van der Waals surface area contributed by atoms with Gasteiger partial charge in [0.2, 0.25) is 5.91 Å². The summed E-state index contributed by atoms with van der Waals surface area (Å²) in [5.74, 6) is -1.27. The van der Waals surface area contributed by atoms with E-state index in [1.165, 1.54) is 11.1 Å². The van der Waals surface area contributed by atoms with E-state index in [9.17, 15) is 19.5 Å². The number of fused-ring (bicyclic) bond motifs is 3. The molecule has 0 saturated heterocycles. The molecule has 0 aliphatic heterocycles. The molecule has 33 heavy (non-hydrogen) atoms. The van der Waals surface area contributed by atoms with Gasteiger partial charge in [-0.2, -0.15) is 0 Å². The molecule has 1 aliphatic rings. The van der Waals surface area contributed by atoms with Gasteiger partial charge in [0.05, 0.1) is 0 Å². The minimum absolute atomic E-state index is 0.0155. The van der Waals surface area contributed by atoms with Crippen LogP contribution in [0.2, 0.25) is 0 Å². The molecule has 3 rings (SSSR count). The van der Waals surface area contributed by atoms with Crippen LogP contribution in [0.4, 0.5) is 4.79 Å². The Balaban J connectivity index is 1.36. The molecular weight excluding hydrogens is 420 g/mol. The molecule has 0 fully saturated rings. The van der Waals surface area contributed by atoms with Crippen molar-refractivity contribution in [2.45, 2.75) is 57.4 Å². The molecule has 0 radical (unpaired) electrons. The third-order valence-corrected chi connectivity index (χ3v) is 5.92. The van der Waals surface area contributed by atoms with Gasteiger partial charge in [0.1, 0.15) is 12.6 Å². The fourth-order valence-corrected chi connectivity index (χ4v) is 4.18. The van der Waals surface area contributed by atoms with Crippen molar-refractivity contribution in [1.29, 1.82) is 0 Å². The average Bonchev–Trinajstić information content (AvgIpc) is 3.13. The summed E-state index contributed by atoms with van der Waals surface area (Å²) in [5, 5.41) is 14.5. The third kappa shape index (κ3) is 6.57. The number of hydrogen-bond donors (Lipinski definition) is 3. The highest BCUT2D eigenvalue weighted by molar-refractivity contribution is 5.83. The molecule has 3 N–H and O–H groups in total. The fraction of sp³-hybridized carbons (Fsp3) is 0.423. The number of aliphatic carboxylic acids is 1. The molecule has 0 heterocycles. The number of carbonyl (C=O) groups is 3. The van der Waals surface area contributed by atoms with E-state index in [4.69, 9.17) is 4.74 Å². The van der Waals surface area contributed by atoms with Gasteiger partial charge in [-0.25, -0.2) is 9.59 Å². The largest absolute Gasteiger partial charge is 0.480 e. The lowest BCUT2D eigenvalue weighted by atomic mass is 9.98. The summed E-state index contributed by atoms with van der Waals surface area (Å²) in [6, 6.07) is 15.5. The van der Waals surface area contributed by atoms with Crippen LogP contribution in [0, 0.1) is 0 Å². The number of unbranched alkanes of at least 4 members (excludes halogenated alkanes) is 2. The third-order valence-electron chi connectivity index (χ3n) is 5.92. The van der Waals surface area contributed by atoms with Crippen molar-refractivity contribution in [3.8, 4) is 11.1 Å². The molecular formula is C26H32N2O5. The highest BCUT2D eigenvalue weighted by Crippen LogP contribution is 2.44. The number of hydrogen-bond acceptors (Lipinski definition) is 4. The van der Waals surface area contributed by atoms with Crippen LogP contribution in [0.15, 0.2) is 48.5 Å². The number of benzene rings is 2. The number of carbonyl (C=O) groups excluding carboxylic acids is 2. The van der Waals surface area contributed by atoms with Crippen LogP contribution in [-0.4, -0.2) is 42.3 Å². The number of carboxylic acids is 1. The molecule has 0 aromatic heterocycles. The van der Waals surface area contributed by atoms with Gasteiger partial charge in [0, 0.05) is 18.9 Å². The smallest absolute Gasteiger partial charge is 0.407 e. The first-order chi connectivity index (χ1) is 16.0. The summed E-state index contributed by atoms with van der Waals surface area (Å²) in [6.07, 6.45) is 2.96. The van der Waals surface area contributed by atoms with E-state index in [0.717, 1.165) is 24.0 Å². The normalized spacial score (nSPS) is 13.0. The molecule has 0 saturated carbocycles. The summed E-state index contributed by atoms with van der Waals surface area (Å²) in [4.78, 5) is 35.4. The van der Waals surface area contributed by atoms with Gasteiger partial charge in [-0.15, -0.1) is 0 Å². The van der Waals surface area contributed by atoms with Crippen molar-refractivity contribution in [2.75, 3.05) is 13.2 Å². The summed E-state index contributed by atoms with van der Waals surface area (Å²) in [5.41, 5.74) is 4.69. The second-order valence-electron chi connectivity index (χ2n) is 8.31. The molecule has 0 spiro atoms. The van der Waals surface area contributed by atoms with Crippen LogP contribution in [-0.2, 0) is 14.3 Å². The van der Waals surface area contributed by atoms with Gasteiger partial charge in [0.25, 0.3) is 0 Å². The Kier molecular flexibility index (Phi) is 8.87. The standard InChI is InChI=1S/C26H32N2O5/c1-2-3-14-23(25(30)31)28-24(29)15-8-9-16-27-26(32)33-17-22-20-12-6-4-10-18(20)19-11-5-7-13-21(19)22/h4-7,10-13,22-23H,2-3,8-9,14-17H2,1H3,(H,27,32)(H,28,29)(H,30,31). The molecule has 2 amide bonds. The van der Waals surface area contributed by atoms with E-state index in [1.54, 1.807) is 0 Å². The summed E-state index contributed by atoms with van der Waals surface area (Å²) < 4.78 is 5.49. The van der Waals surface area contributed by atoms with Gasteiger partial charge in [-0.05, 0) is 41.5 Å². The quantitative estimate of drug-likeness (QED) is 0.413. The van der Waals surface area contributed by atoms with Gasteiger partial charge in [-0.3, -0.25) is 4.79 Å². The number of amides is 2. The van der Waals surface area contributed by atoms with Crippen molar-refractivity contribution >= 4 is 18.0 Å². The van der Waals surface area contributed by atoms with E-state index < -0.39 is 18.1 Å². The first kappa shape index (κ1) is 24.3. The van der Waals surface area contributed by atoms with Gasteiger partial charge >= 0.3 is 12.1 Å². The van der Waals surface area contributed by atoms with E-state index >= 15 is 0 Å². The Hall–Kier alpha value is -3.35. The van der Waals surface area contributed by atoms with Crippen LogP contribution >= 0.6 is 0 Å². The van der Waals surface area contributed by atoms with Crippen LogP contribution < -0.4 is 10.6 Å². The van der Waals surface area contributed by atoms with Crippen molar-refractivity contribution in [3.63, 3.8) is 0 Å². The number of rotatable bonds is 12. The molecule has 7 nitrogen and oxygen atoms in total. The monoisotopic (exact) mass is 452 g/mol. The molecule has 2 aromatic carbocycles. The maximum Gasteiger partial charge on any atom is 0.407 e. The summed E-state index contributed by atoms with van der Waals surface area (Å²) in [6.45, 7) is 2.63. The van der Waals surface area contributed by atoms with Crippen molar-refractivity contribution in [3.05, 3.63) is 59.7 Å².